The number of rotatable bonds is 6. The Morgan fingerprint density at radius 1 is 1.62 bits per heavy atom. The fraction of sp³-hybridized carbons (Fsp3) is 0.500. The van der Waals surface area contributed by atoms with E-state index in [4.69, 9.17) is 9.15 Å². The lowest BCUT2D eigenvalue weighted by Gasteiger charge is -1.99. The zero-order valence-corrected chi connectivity index (χ0v) is 7.79. The summed E-state index contributed by atoms with van der Waals surface area (Å²) >= 11 is 0. The topological polar surface area (TPSA) is 39.4 Å². The maximum absolute atomic E-state index is 11.3. The maximum atomic E-state index is 11.3. The Labute approximate surface area is 77.7 Å². The summed E-state index contributed by atoms with van der Waals surface area (Å²) in [5, 5.41) is 0. The zero-order chi connectivity index (χ0) is 9.52. The quantitative estimate of drug-likeness (QED) is 0.630. The van der Waals surface area contributed by atoms with Crippen LogP contribution in [0.3, 0.4) is 0 Å². The summed E-state index contributed by atoms with van der Waals surface area (Å²) in [5.74, 6) is 0.190. The van der Waals surface area contributed by atoms with Crippen molar-refractivity contribution in [3.05, 3.63) is 24.2 Å². The molecule has 13 heavy (non-hydrogen) atoms. The first kappa shape index (κ1) is 9.99. The SMILES string of the molecule is CCOCCC(=O)Cc1ccoc1. The highest BCUT2D eigenvalue weighted by atomic mass is 16.5. The molecule has 0 atom stereocenters. The molecule has 0 fully saturated rings. The van der Waals surface area contributed by atoms with Crippen LogP contribution < -0.4 is 0 Å². The van der Waals surface area contributed by atoms with E-state index in [1.807, 2.05) is 6.92 Å². The predicted octanol–water partition coefficient (Wildman–Crippen LogP) is 1.82. The van der Waals surface area contributed by atoms with Crippen molar-refractivity contribution in [1.82, 2.24) is 0 Å². The molecule has 0 bridgehead atoms. The lowest BCUT2D eigenvalue weighted by atomic mass is 10.1. The van der Waals surface area contributed by atoms with Gasteiger partial charge in [0.15, 0.2) is 0 Å². The van der Waals surface area contributed by atoms with Crippen LogP contribution >= 0.6 is 0 Å². The van der Waals surface area contributed by atoms with E-state index in [1.54, 1.807) is 18.6 Å². The second kappa shape index (κ2) is 5.54. The monoisotopic (exact) mass is 182 g/mol. The van der Waals surface area contributed by atoms with Crippen LogP contribution in [0.15, 0.2) is 23.0 Å². The van der Waals surface area contributed by atoms with Crippen LogP contribution in [-0.2, 0) is 16.0 Å². The molecule has 1 aromatic rings. The number of ether oxygens (including phenoxy) is 1. The Kier molecular flexibility index (Phi) is 4.26. The fourth-order valence-corrected chi connectivity index (χ4v) is 1.04. The molecule has 0 aliphatic carbocycles. The summed E-state index contributed by atoms with van der Waals surface area (Å²) < 4.78 is 9.94. The van der Waals surface area contributed by atoms with Crippen LogP contribution in [0.1, 0.15) is 18.9 Å². The minimum Gasteiger partial charge on any atom is -0.472 e. The van der Waals surface area contributed by atoms with E-state index in [2.05, 4.69) is 0 Å². The number of hydrogen-bond donors (Lipinski definition) is 0. The minimum atomic E-state index is 0.190. The lowest BCUT2D eigenvalue weighted by Crippen LogP contribution is -2.06. The normalized spacial score (nSPS) is 10.2. The van der Waals surface area contributed by atoms with E-state index >= 15 is 0 Å². The van der Waals surface area contributed by atoms with Crippen molar-refractivity contribution in [1.29, 1.82) is 0 Å². The highest BCUT2D eigenvalue weighted by molar-refractivity contribution is 5.80. The number of furan rings is 1. The van der Waals surface area contributed by atoms with E-state index in [9.17, 15) is 4.79 Å². The molecule has 1 rings (SSSR count). The molecular formula is C10H14O3. The molecule has 0 saturated carbocycles. The van der Waals surface area contributed by atoms with Crippen molar-refractivity contribution in [2.45, 2.75) is 19.8 Å². The van der Waals surface area contributed by atoms with Gasteiger partial charge in [-0.05, 0) is 18.6 Å². The van der Waals surface area contributed by atoms with Crippen LogP contribution in [0, 0.1) is 0 Å². The molecule has 0 aliphatic heterocycles. The zero-order valence-electron chi connectivity index (χ0n) is 7.79. The van der Waals surface area contributed by atoms with Crippen molar-refractivity contribution >= 4 is 5.78 Å². The highest BCUT2D eigenvalue weighted by Gasteiger charge is 2.03. The standard InChI is InChI=1S/C10H14O3/c1-2-12-6-4-10(11)7-9-3-5-13-8-9/h3,5,8H,2,4,6-7H2,1H3. The minimum absolute atomic E-state index is 0.190. The van der Waals surface area contributed by atoms with Crippen LogP contribution in [0.2, 0.25) is 0 Å². The summed E-state index contributed by atoms with van der Waals surface area (Å²) in [4.78, 5) is 11.3. The first-order valence-electron chi connectivity index (χ1n) is 4.43. The van der Waals surface area contributed by atoms with E-state index < -0.39 is 0 Å². The van der Waals surface area contributed by atoms with Crippen LogP contribution in [0.4, 0.5) is 0 Å². The molecule has 0 saturated heterocycles. The smallest absolute Gasteiger partial charge is 0.139 e. The van der Waals surface area contributed by atoms with Gasteiger partial charge in [-0.25, -0.2) is 0 Å². The third kappa shape index (κ3) is 3.90. The molecule has 3 nitrogen and oxygen atoms in total. The van der Waals surface area contributed by atoms with E-state index in [0.717, 1.165) is 5.56 Å². The lowest BCUT2D eigenvalue weighted by molar-refractivity contribution is -0.119. The van der Waals surface area contributed by atoms with Crippen molar-refractivity contribution < 1.29 is 13.9 Å². The molecule has 0 aromatic carbocycles. The van der Waals surface area contributed by atoms with Gasteiger partial charge in [0, 0.05) is 19.4 Å². The number of carbonyl (C=O) groups is 1. The van der Waals surface area contributed by atoms with Gasteiger partial charge in [-0.15, -0.1) is 0 Å². The second-order valence-electron chi connectivity index (χ2n) is 2.79. The summed E-state index contributed by atoms with van der Waals surface area (Å²) in [6, 6.07) is 1.80. The third-order valence-electron chi connectivity index (χ3n) is 1.71. The molecule has 72 valence electrons. The van der Waals surface area contributed by atoms with Crippen LogP contribution in [0.5, 0.6) is 0 Å². The molecule has 0 unspecified atom stereocenters. The Morgan fingerprint density at radius 2 is 2.46 bits per heavy atom. The Morgan fingerprint density at radius 3 is 3.08 bits per heavy atom. The summed E-state index contributed by atoms with van der Waals surface area (Å²) in [6.07, 6.45) is 4.10. The number of ketones is 1. The Bertz CT molecular complexity index is 239. The number of hydrogen-bond acceptors (Lipinski definition) is 3. The van der Waals surface area contributed by atoms with Crippen molar-refractivity contribution in [2.75, 3.05) is 13.2 Å². The summed E-state index contributed by atoms with van der Waals surface area (Å²) in [7, 11) is 0. The first-order valence-corrected chi connectivity index (χ1v) is 4.43. The highest BCUT2D eigenvalue weighted by Crippen LogP contribution is 2.02. The van der Waals surface area contributed by atoms with Gasteiger partial charge in [-0.2, -0.15) is 0 Å². The Hall–Kier alpha value is -1.09. The number of carbonyl (C=O) groups excluding carboxylic acids is 1. The molecule has 0 N–H and O–H groups in total. The average molecular weight is 182 g/mol. The molecular weight excluding hydrogens is 168 g/mol. The first-order chi connectivity index (χ1) is 6.33. The summed E-state index contributed by atoms with van der Waals surface area (Å²) in [6.45, 7) is 3.10. The van der Waals surface area contributed by atoms with Crippen molar-refractivity contribution in [3.63, 3.8) is 0 Å². The van der Waals surface area contributed by atoms with Gasteiger partial charge in [-0.3, -0.25) is 4.79 Å². The molecule has 1 aromatic heterocycles. The van der Waals surface area contributed by atoms with Gasteiger partial charge >= 0.3 is 0 Å². The van der Waals surface area contributed by atoms with Gasteiger partial charge in [-0.1, -0.05) is 0 Å². The molecule has 0 spiro atoms. The molecule has 1 heterocycles. The molecule has 3 heteroatoms. The molecule has 0 aliphatic rings. The van der Waals surface area contributed by atoms with Gasteiger partial charge < -0.3 is 9.15 Å². The second-order valence-corrected chi connectivity index (χ2v) is 2.79. The predicted molar refractivity (Wildman–Crippen MR) is 48.5 cm³/mol. The third-order valence-corrected chi connectivity index (χ3v) is 1.71. The average Bonchev–Trinajstić information content (AvgIpc) is 2.57. The largest absolute Gasteiger partial charge is 0.472 e. The van der Waals surface area contributed by atoms with Crippen molar-refractivity contribution in [3.8, 4) is 0 Å². The van der Waals surface area contributed by atoms with Crippen molar-refractivity contribution in [2.24, 2.45) is 0 Å². The van der Waals surface area contributed by atoms with Crippen LogP contribution in [-0.4, -0.2) is 19.0 Å². The van der Waals surface area contributed by atoms with E-state index in [-0.39, 0.29) is 5.78 Å². The summed E-state index contributed by atoms with van der Waals surface area (Å²) in [5.41, 5.74) is 0.932. The molecule has 0 radical (unpaired) electrons. The van der Waals surface area contributed by atoms with Gasteiger partial charge in [0.05, 0.1) is 19.1 Å². The van der Waals surface area contributed by atoms with Gasteiger partial charge in [0.2, 0.25) is 0 Å². The van der Waals surface area contributed by atoms with Gasteiger partial charge in [0.1, 0.15) is 5.78 Å². The maximum Gasteiger partial charge on any atom is 0.139 e. The molecule has 0 amide bonds. The number of Topliss-reactive ketones (excluding diaryl/α,β-unsaturated/α-hetero) is 1. The fourth-order valence-electron chi connectivity index (χ4n) is 1.04. The van der Waals surface area contributed by atoms with E-state index in [1.165, 1.54) is 0 Å². The van der Waals surface area contributed by atoms with Crippen LogP contribution in [0.25, 0.3) is 0 Å². The van der Waals surface area contributed by atoms with E-state index in [0.29, 0.717) is 26.1 Å². The van der Waals surface area contributed by atoms with Gasteiger partial charge in [0.25, 0.3) is 0 Å². The Balaban J connectivity index is 2.18.